The van der Waals surface area contributed by atoms with Gasteiger partial charge in [-0.3, -0.25) is 13.9 Å². The fourth-order valence-electron chi connectivity index (χ4n) is 3.73. The van der Waals surface area contributed by atoms with Crippen LogP contribution in [0.4, 0.5) is 11.6 Å². The van der Waals surface area contributed by atoms with Gasteiger partial charge in [-0.2, -0.15) is 4.98 Å². The quantitative estimate of drug-likeness (QED) is 0.707. The second-order valence-corrected chi connectivity index (χ2v) is 7.14. The molecule has 1 aliphatic rings. The molecule has 1 atom stereocenters. The van der Waals surface area contributed by atoms with Gasteiger partial charge in [0.1, 0.15) is 0 Å². The van der Waals surface area contributed by atoms with Crippen LogP contribution in [0.3, 0.4) is 0 Å². The van der Waals surface area contributed by atoms with E-state index in [1.54, 1.807) is 7.05 Å². The maximum atomic E-state index is 12.9. The van der Waals surface area contributed by atoms with Gasteiger partial charge in [-0.25, -0.2) is 4.79 Å². The average Bonchev–Trinajstić information content (AvgIpc) is 3.00. The van der Waals surface area contributed by atoms with Crippen molar-refractivity contribution in [2.75, 3.05) is 11.4 Å². The number of nitrogens with zero attached hydrogens (tertiary/aromatic N) is 5. The van der Waals surface area contributed by atoms with E-state index in [4.69, 9.17) is 4.98 Å². The number of fused-ring (bicyclic) bond motifs is 3. The normalized spacial score (nSPS) is 16.9. The van der Waals surface area contributed by atoms with E-state index in [1.807, 2.05) is 11.5 Å². The van der Waals surface area contributed by atoms with E-state index in [2.05, 4.69) is 43.0 Å². The molecule has 7 nitrogen and oxygen atoms in total. The second-order valence-electron chi connectivity index (χ2n) is 7.14. The van der Waals surface area contributed by atoms with Crippen molar-refractivity contribution in [3.63, 3.8) is 0 Å². The largest absolute Gasteiger partial charge is 0.332 e. The summed E-state index contributed by atoms with van der Waals surface area (Å²) in [5, 5.41) is 0. The summed E-state index contributed by atoms with van der Waals surface area (Å²) in [6, 6.07) is 8.28. The number of hydrogen-bond acceptors (Lipinski definition) is 4. The van der Waals surface area contributed by atoms with Gasteiger partial charge in [0.2, 0.25) is 5.95 Å². The van der Waals surface area contributed by atoms with Crippen molar-refractivity contribution in [3.05, 3.63) is 50.7 Å². The minimum Gasteiger partial charge on any atom is -0.312 e. The smallest absolute Gasteiger partial charge is 0.312 e. The molecule has 0 saturated carbocycles. The van der Waals surface area contributed by atoms with Crippen molar-refractivity contribution in [2.45, 2.75) is 33.9 Å². The molecule has 7 heteroatoms. The van der Waals surface area contributed by atoms with E-state index in [9.17, 15) is 9.59 Å². The molecular weight excluding hydrogens is 330 g/mol. The summed E-state index contributed by atoms with van der Waals surface area (Å²) in [7, 11) is 1.68. The number of rotatable bonds is 2. The van der Waals surface area contributed by atoms with Gasteiger partial charge in [-0.1, -0.05) is 24.6 Å². The summed E-state index contributed by atoms with van der Waals surface area (Å²) in [4.78, 5) is 32.2. The summed E-state index contributed by atoms with van der Waals surface area (Å²) in [5.74, 6) is 1.08. The van der Waals surface area contributed by atoms with E-state index >= 15 is 0 Å². The molecule has 0 N–H and O–H groups in total. The highest BCUT2D eigenvalue weighted by molar-refractivity contribution is 5.77. The Labute approximate surface area is 151 Å². The Hall–Kier alpha value is -2.83. The van der Waals surface area contributed by atoms with Gasteiger partial charge < -0.3 is 9.47 Å². The minimum atomic E-state index is -0.324. The Kier molecular flexibility index (Phi) is 3.75. The second kappa shape index (κ2) is 5.86. The minimum absolute atomic E-state index is 0.262. The molecule has 0 unspecified atom stereocenters. The van der Waals surface area contributed by atoms with Crippen molar-refractivity contribution in [3.8, 4) is 0 Å². The van der Waals surface area contributed by atoms with Crippen LogP contribution in [0.15, 0.2) is 33.9 Å². The predicted octanol–water partition coefficient (Wildman–Crippen LogP) is 2.01. The van der Waals surface area contributed by atoms with Crippen molar-refractivity contribution >= 4 is 22.8 Å². The molecule has 1 aliphatic heterocycles. The predicted molar refractivity (Wildman–Crippen MR) is 102 cm³/mol. The van der Waals surface area contributed by atoms with E-state index in [0.717, 1.165) is 18.2 Å². The molecule has 0 aliphatic carbocycles. The SMILES string of the molecule is CCn1c(=O)c2c(nc3n2C[C@@H](C)CN3c2ccc(C)cc2)n(C)c1=O. The van der Waals surface area contributed by atoms with Gasteiger partial charge in [-0.15, -0.1) is 0 Å². The first kappa shape index (κ1) is 16.6. The highest BCUT2D eigenvalue weighted by atomic mass is 16.2. The molecule has 3 heterocycles. The summed E-state index contributed by atoms with van der Waals surface area (Å²) < 4.78 is 4.72. The Balaban J connectivity index is 2.03. The number of imidazole rings is 1. The molecule has 0 bridgehead atoms. The lowest BCUT2D eigenvalue weighted by Gasteiger charge is -2.33. The van der Waals surface area contributed by atoms with Crippen molar-refractivity contribution < 1.29 is 0 Å². The lowest BCUT2D eigenvalue weighted by molar-refractivity contribution is 0.458. The Bertz CT molecular complexity index is 1100. The van der Waals surface area contributed by atoms with Gasteiger partial charge in [-0.05, 0) is 31.9 Å². The summed E-state index contributed by atoms with van der Waals surface area (Å²) in [6.07, 6.45) is 0. The van der Waals surface area contributed by atoms with Crippen LogP contribution in [-0.2, 0) is 20.1 Å². The highest BCUT2D eigenvalue weighted by Gasteiger charge is 2.29. The molecule has 4 rings (SSSR count). The maximum absolute atomic E-state index is 12.9. The number of anilines is 2. The Morgan fingerprint density at radius 3 is 2.50 bits per heavy atom. The fourth-order valence-corrected chi connectivity index (χ4v) is 3.73. The van der Waals surface area contributed by atoms with Gasteiger partial charge in [0.25, 0.3) is 5.56 Å². The van der Waals surface area contributed by atoms with Crippen LogP contribution >= 0.6 is 0 Å². The van der Waals surface area contributed by atoms with Crippen LogP contribution in [0.5, 0.6) is 0 Å². The molecule has 0 amide bonds. The van der Waals surface area contributed by atoms with Crippen molar-refractivity contribution in [1.29, 1.82) is 0 Å². The van der Waals surface area contributed by atoms with Crippen LogP contribution in [0.25, 0.3) is 11.2 Å². The third-order valence-corrected chi connectivity index (χ3v) is 5.10. The number of hydrogen-bond donors (Lipinski definition) is 0. The van der Waals surface area contributed by atoms with Crippen LogP contribution in [-0.4, -0.2) is 25.2 Å². The van der Waals surface area contributed by atoms with E-state index in [1.165, 1.54) is 14.7 Å². The van der Waals surface area contributed by atoms with Gasteiger partial charge in [0.05, 0.1) is 0 Å². The van der Waals surface area contributed by atoms with Crippen molar-refractivity contribution in [2.24, 2.45) is 13.0 Å². The zero-order valence-electron chi connectivity index (χ0n) is 15.6. The molecule has 1 aromatic carbocycles. The van der Waals surface area contributed by atoms with E-state index in [-0.39, 0.29) is 11.2 Å². The zero-order chi connectivity index (χ0) is 18.6. The average molecular weight is 353 g/mol. The zero-order valence-corrected chi connectivity index (χ0v) is 15.6. The Morgan fingerprint density at radius 2 is 1.85 bits per heavy atom. The van der Waals surface area contributed by atoms with E-state index in [0.29, 0.717) is 30.2 Å². The van der Waals surface area contributed by atoms with Crippen LogP contribution in [0.1, 0.15) is 19.4 Å². The number of aromatic nitrogens is 4. The molecule has 0 radical (unpaired) electrons. The Morgan fingerprint density at radius 1 is 1.15 bits per heavy atom. The van der Waals surface area contributed by atoms with Crippen LogP contribution in [0, 0.1) is 12.8 Å². The molecule has 136 valence electrons. The summed E-state index contributed by atoms with van der Waals surface area (Å²) in [6.45, 7) is 7.91. The first-order chi connectivity index (χ1) is 12.4. The van der Waals surface area contributed by atoms with Crippen LogP contribution < -0.4 is 16.1 Å². The van der Waals surface area contributed by atoms with Gasteiger partial charge in [0, 0.05) is 32.4 Å². The molecule has 2 aromatic heterocycles. The molecule has 0 saturated heterocycles. The lowest BCUT2D eigenvalue weighted by atomic mass is 10.1. The number of benzene rings is 1. The standard InChI is InChI=1S/C19H23N5O2/c1-5-22-17(25)15-16(21(4)19(22)26)20-18-23(10-13(3)11-24(15)18)14-8-6-12(2)7-9-14/h6-9,13H,5,10-11H2,1-4H3/t13-/m0/s1. The highest BCUT2D eigenvalue weighted by Crippen LogP contribution is 2.32. The fraction of sp³-hybridized carbons (Fsp3) is 0.421. The molecule has 0 spiro atoms. The van der Waals surface area contributed by atoms with Crippen LogP contribution in [0.2, 0.25) is 0 Å². The van der Waals surface area contributed by atoms with E-state index < -0.39 is 0 Å². The molecule has 26 heavy (non-hydrogen) atoms. The van der Waals surface area contributed by atoms with Gasteiger partial charge in [0.15, 0.2) is 11.2 Å². The molecule has 0 fully saturated rings. The topological polar surface area (TPSA) is 65.1 Å². The maximum Gasteiger partial charge on any atom is 0.332 e. The molecular formula is C19H23N5O2. The first-order valence-electron chi connectivity index (χ1n) is 8.96. The number of aryl methyl sites for hydroxylation is 2. The summed E-state index contributed by atoms with van der Waals surface area (Å²) in [5.41, 5.74) is 2.61. The lowest BCUT2D eigenvalue weighted by Crippen LogP contribution is -2.40. The van der Waals surface area contributed by atoms with Crippen molar-refractivity contribution in [1.82, 2.24) is 18.7 Å². The molecule has 3 aromatic rings. The third-order valence-electron chi connectivity index (χ3n) is 5.10. The monoisotopic (exact) mass is 353 g/mol. The first-order valence-corrected chi connectivity index (χ1v) is 8.96. The van der Waals surface area contributed by atoms with Gasteiger partial charge >= 0.3 is 5.69 Å². The third kappa shape index (κ3) is 2.30. The summed E-state index contributed by atoms with van der Waals surface area (Å²) >= 11 is 0.